The van der Waals surface area contributed by atoms with Crippen LogP contribution in [0.2, 0.25) is 5.02 Å². The first-order valence-electron chi connectivity index (χ1n) is 9.32. The summed E-state index contributed by atoms with van der Waals surface area (Å²) in [5.41, 5.74) is 4.40. The summed E-state index contributed by atoms with van der Waals surface area (Å²) >= 11 is 7.69. The van der Waals surface area contributed by atoms with Crippen molar-refractivity contribution in [2.45, 2.75) is 38.2 Å². The Labute approximate surface area is 177 Å². The van der Waals surface area contributed by atoms with E-state index in [0.29, 0.717) is 16.4 Å². The summed E-state index contributed by atoms with van der Waals surface area (Å²) in [6, 6.07) is 13.2. The topological polar surface area (TPSA) is 60.9 Å². The average Bonchev–Trinajstić information content (AvgIpc) is 3.10. The second-order valence-electron chi connectivity index (χ2n) is 6.87. The van der Waals surface area contributed by atoms with Crippen LogP contribution in [0.1, 0.15) is 23.6 Å². The van der Waals surface area contributed by atoms with Crippen molar-refractivity contribution in [1.82, 2.24) is 14.8 Å². The monoisotopic (exact) mass is 425 g/mol. The first-order valence-corrected chi connectivity index (χ1v) is 10.7. The quantitative estimate of drug-likeness (QED) is 0.306. The summed E-state index contributed by atoms with van der Waals surface area (Å²) in [6.07, 6.45) is 0. The number of aryl methyl sites for hydroxylation is 2. The molecule has 0 radical (unpaired) electrons. The molecule has 148 valence electrons. The molecule has 0 saturated heterocycles. The van der Waals surface area contributed by atoms with E-state index in [4.69, 9.17) is 16.0 Å². The van der Waals surface area contributed by atoms with E-state index in [1.54, 1.807) is 17.8 Å². The molecule has 0 bridgehead atoms. The highest BCUT2D eigenvalue weighted by Crippen LogP contribution is 2.30. The van der Waals surface area contributed by atoms with Gasteiger partial charge in [0.15, 0.2) is 11.0 Å². The van der Waals surface area contributed by atoms with Gasteiger partial charge in [0.25, 0.3) is 0 Å². The van der Waals surface area contributed by atoms with Crippen LogP contribution in [0.15, 0.2) is 56.8 Å². The van der Waals surface area contributed by atoms with Crippen LogP contribution in [0.4, 0.5) is 0 Å². The fourth-order valence-corrected chi connectivity index (χ4v) is 4.45. The maximum absolute atomic E-state index is 12.0. The van der Waals surface area contributed by atoms with Gasteiger partial charge in [0.1, 0.15) is 5.58 Å². The smallest absolute Gasteiger partial charge is 0.336 e. The maximum atomic E-state index is 12.0. The predicted molar refractivity (Wildman–Crippen MR) is 118 cm³/mol. The van der Waals surface area contributed by atoms with Crippen LogP contribution in [-0.2, 0) is 12.3 Å². The minimum absolute atomic E-state index is 0.340. The molecule has 2 aromatic heterocycles. The van der Waals surface area contributed by atoms with Gasteiger partial charge in [-0.2, -0.15) is 0 Å². The lowest BCUT2D eigenvalue weighted by molar-refractivity contribution is 0.559. The van der Waals surface area contributed by atoms with Crippen LogP contribution in [0.25, 0.3) is 22.4 Å². The fraction of sp³-hybridized carbons (Fsp3) is 0.227. The highest BCUT2D eigenvalue weighted by molar-refractivity contribution is 7.98. The van der Waals surface area contributed by atoms with Crippen molar-refractivity contribution >= 4 is 34.3 Å². The summed E-state index contributed by atoms with van der Waals surface area (Å²) in [6.45, 7) is 6.85. The molecule has 0 saturated carbocycles. The van der Waals surface area contributed by atoms with E-state index in [-0.39, 0.29) is 5.63 Å². The zero-order chi connectivity index (χ0) is 20.5. The summed E-state index contributed by atoms with van der Waals surface area (Å²) in [7, 11) is 0. The minimum Gasteiger partial charge on any atom is -0.423 e. The lowest BCUT2D eigenvalue weighted by Gasteiger charge is -2.09. The van der Waals surface area contributed by atoms with E-state index in [0.717, 1.165) is 45.2 Å². The number of rotatable bonds is 5. The van der Waals surface area contributed by atoms with Gasteiger partial charge in [-0.3, -0.25) is 0 Å². The first-order chi connectivity index (χ1) is 14.0. The molecule has 0 N–H and O–H groups in total. The average molecular weight is 426 g/mol. The number of hydrogen-bond donors (Lipinski definition) is 0. The van der Waals surface area contributed by atoms with Crippen molar-refractivity contribution < 1.29 is 4.42 Å². The summed E-state index contributed by atoms with van der Waals surface area (Å²) in [4.78, 5) is 12.0. The van der Waals surface area contributed by atoms with Gasteiger partial charge in [-0.25, -0.2) is 4.79 Å². The molecule has 0 aliphatic heterocycles. The summed E-state index contributed by atoms with van der Waals surface area (Å²) in [5.74, 6) is 1.37. The van der Waals surface area contributed by atoms with Gasteiger partial charge in [0.05, 0.1) is 0 Å². The normalized spacial score (nSPS) is 11.3. The molecule has 0 atom stereocenters. The number of nitrogens with zero attached hydrogens (tertiary/aromatic N) is 3. The second kappa shape index (κ2) is 8.05. The Hall–Kier alpha value is -2.57. The number of aromatic nitrogens is 3. The summed E-state index contributed by atoms with van der Waals surface area (Å²) < 4.78 is 7.45. The van der Waals surface area contributed by atoms with Crippen LogP contribution in [0.5, 0.6) is 0 Å². The molecule has 29 heavy (non-hydrogen) atoms. The van der Waals surface area contributed by atoms with Gasteiger partial charge in [0, 0.05) is 34.3 Å². The second-order valence-corrected chi connectivity index (χ2v) is 8.25. The molecule has 0 unspecified atom stereocenters. The number of benzene rings is 2. The molecule has 0 fully saturated rings. The van der Waals surface area contributed by atoms with E-state index >= 15 is 0 Å². The molecular weight excluding hydrogens is 406 g/mol. The van der Waals surface area contributed by atoms with Crippen LogP contribution in [-0.4, -0.2) is 14.8 Å². The molecule has 7 heteroatoms. The zero-order valence-electron chi connectivity index (χ0n) is 16.4. The van der Waals surface area contributed by atoms with Crippen molar-refractivity contribution in [1.29, 1.82) is 0 Å². The Kier molecular flexibility index (Phi) is 5.48. The van der Waals surface area contributed by atoms with Crippen molar-refractivity contribution in [3.8, 4) is 11.4 Å². The first kappa shape index (κ1) is 19.7. The SMILES string of the molecule is CCn1c(SCc2cc(=O)oc3cc(C)c(C)cc23)nnc1-c1cccc(Cl)c1. The Bertz CT molecular complexity index is 1260. The maximum Gasteiger partial charge on any atom is 0.336 e. The third-order valence-electron chi connectivity index (χ3n) is 4.92. The lowest BCUT2D eigenvalue weighted by Crippen LogP contribution is -2.02. The standard InChI is InChI=1S/C22H20ClN3O2S/c1-4-26-21(15-6-5-7-17(23)10-15)24-25-22(26)29-12-16-11-20(27)28-19-9-14(3)13(2)8-18(16)19/h5-11H,4,12H2,1-3H3. The van der Waals surface area contributed by atoms with Gasteiger partial charge in [0.2, 0.25) is 0 Å². The fourth-order valence-electron chi connectivity index (χ4n) is 3.27. The number of hydrogen-bond acceptors (Lipinski definition) is 5. The number of halogens is 1. The van der Waals surface area contributed by atoms with E-state index < -0.39 is 0 Å². The number of thioether (sulfide) groups is 1. The molecule has 2 heterocycles. The van der Waals surface area contributed by atoms with Crippen molar-refractivity contribution in [3.05, 3.63) is 74.6 Å². The van der Waals surface area contributed by atoms with Crippen molar-refractivity contribution in [2.75, 3.05) is 0 Å². The minimum atomic E-state index is -0.340. The molecule has 2 aromatic carbocycles. The van der Waals surface area contributed by atoms with Crippen LogP contribution < -0.4 is 5.63 Å². The molecular formula is C22H20ClN3O2S. The van der Waals surface area contributed by atoms with E-state index in [9.17, 15) is 4.79 Å². The highest BCUT2D eigenvalue weighted by atomic mass is 35.5. The van der Waals surface area contributed by atoms with Crippen molar-refractivity contribution in [3.63, 3.8) is 0 Å². The molecule has 0 aliphatic rings. The van der Waals surface area contributed by atoms with Gasteiger partial charge in [-0.05, 0) is 61.7 Å². The van der Waals surface area contributed by atoms with Crippen LogP contribution in [0.3, 0.4) is 0 Å². The Morgan fingerprint density at radius 2 is 1.90 bits per heavy atom. The highest BCUT2D eigenvalue weighted by Gasteiger charge is 2.15. The van der Waals surface area contributed by atoms with Crippen molar-refractivity contribution in [2.24, 2.45) is 0 Å². The molecule has 0 amide bonds. The van der Waals surface area contributed by atoms with Gasteiger partial charge in [-0.1, -0.05) is 35.5 Å². The van der Waals surface area contributed by atoms with Crippen LogP contribution >= 0.6 is 23.4 Å². The van der Waals surface area contributed by atoms with E-state index in [1.807, 2.05) is 37.3 Å². The van der Waals surface area contributed by atoms with E-state index in [1.165, 1.54) is 0 Å². The van der Waals surface area contributed by atoms with Gasteiger partial charge in [-0.15, -0.1) is 10.2 Å². The Morgan fingerprint density at radius 1 is 1.10 bits per heavy atom. The van der Waals surface area contributed by atoms with E-state index in [2.05, 4.69) is 34.7 Å². The third kappa shape index (κ3) is 3.95. The number of fused-ring (bicyclic) bond motifs is 1. The molecule has 0 aliphatic carbocycles. The lowest BCUT2D eigenvalue weighted by atomic mass is 10.0. The third-order valence-corrected chi connectivity index (χ3v) is 6.17. The zero-order valence-corrected chi connectivity index (χ0v) is 18.0. The largest absolute Gasteiger partial charge is 0.423 e. The molecule has 4 aromatic rings. The molecule has 5 nitrogen and oxygen atoms in total. The van der Waals surface area contributed by atoms with Gasteiger partial charge < -0.3 is 8.98 Å². The molecule has 0 spiro atoms. The van der Waals surface area contributed by atoms with Gasteiger partial charge >= 0.3 is 5.63 Å². The Balaban J connectivity index is 1.68. The summed E-state index contributed by atoms with van der Waals surface area (Å²) in [5, 5.41) is 11.2. The van der Waals surface area contributed by atoms with Crippen LogP contribution in [0, 0.1) is 13.8 Å². The molecule has 4 rings (SSSR count). The predicted octanol–water partition coefficient (Wildman–Crippen LogP) is 5.63. The Morgan fingerprint density at radius 3 is 2.66 bits per heavy atom.